The highest BCUT2D eigenvalue weighted by atomic mass is 35.5. The van der Waals surface area contributed by atoms with Gasteiger partial charge in [-0.15, -0.1) is 0 Å². The summed E-state index contributed by atoms with van der Waals surface area (Å²) < 4.78 is 88.2. The van der Waals surface area contributed by atoms with Crippen molar-refractivity contribution in [2.45, 2.75) is 30.0 Å². The molecule has 1 heterocycles. The molecule has 0 amide bonds. The molecular weight excluding hydrogens is 526 g/mol. The molecule has 0 fully saturated rings. The first-order valence-electron chi connectivity index (χ1n) is 10.5. The molecule has 0 radical (unpaired) electrons. The zero-order valence-corrected chi connectivity index (χ0v) is 19.9. The molecule has 3 aromatic carbocycles. The maximum absolute atomic E-state index is 14.7. The fraction of sp³-hybridized carbons (Fsp3) is 0.208. The fourth-order valence-electron chi connectivity index (χ4n) is 3.83. The molecule has 0 bridgehead atoms. The zero-order chi connectivity index (χ0) is 26.3. The summed E-state index contributed by atoms with van der Waals surface area (Å²) in [6.45, 7) is -0.361. The molecule has 190 valence electrons. The molecule has 36 heavy (non-hydrogen) atoms. The van der Waals surface area contributed by atoms with Gasteiger partial charge in [-0.2, -0.15) is 13.2 Å². The van der Waals surface area contributed by atoms with Crippen LogP contribution in [0, 0.1) is 5.82 Å². The molecule has 0 aliphatic carbocycles. The topological polar surface area (TPSA) is 83.9 Å². The predicted octanol–water partition coefficient (Wildman–Crippen LogP) is 5.99. The van der Waals surface area contributed by atoms with Crippen molar-refractivity contribution < 1.29 is 40.6 Å². The minimum absolute atomic E-state index is 0.0316. The molecule has 0 spiro atoms. The van der Waals surface area contributed by atoms with Crippen molar-refractivity contribution in [3.05, 3.63) is 77.1 Å². The SMILES string of the molecule is O=C(O)CC[C@H]1CN(S(=O)(=O)c2cccc(C(F)(F)F)c2)c2cc(-c3cccc(Cl)c3F)ccc2O1. The summed E-state index contributed by atoms with van der Waals surface area (Å²) in [7, 11) is -4.56. The van der Waals surface area contributed by atoms with Crippen LogP contribution in [0.25, 0.3) is 11.1 Å². The first-order valence-corrected chi connectivity index (χ1v) is 12.4. The lowest BCUT2D eigenvalue weighted by atomic mass is 10.0. The lowest BCUT2D eigenvalue weighted by molar-refractivity contribution is -0.138. The van der Waals surface area contributed by atoms with E-state index >= 15 is 0 Å². The monoisotopic (exact) mass is 543 g/mol. The van der Waals surface area contributed by atoms with Crippen LogP contribution in [-0.4, -0.2) is 32.1 Å². The van der Waals surface area contributed by atoms with E-state index in [-0.39, 0.29) is 47.0 Å². The van der Waals surface area contributed by atoms with Gasteiger partial charge in [-0.25, -0.2) is 12.8 Å². The number of carbonyl (C=O) groups is 1. The molecule has 6 nitrogen and oxygen atoms in total. The van der Waals surface area contributed by atoms with Gasteiger partial charge in [0, 0.05) is 12.0 Å². The molecule has 1 atom stereocenters. The van der Waals surface area contributed by atoms with Crippen molar-refractivity contribution in [3.8, 4) is 16.9 Å². The molecule has 12 heteroatoms. The van der Waals surface area contributed by atoms with Gasteiger partial charge in [0.15, 0.2) is 0 Å². The Morgan fingerprint density at radius 1 is 1.11 bits per heavy atom. The van der Waals surface area contributed by atoms with Crippen LogP contribution in [-0.2, 0) is 21.0 Å². The minimum Gasteiger partial charge on any atom is -0.486 e. The number of nitrogens with zero attached hydrogens (tertiary/aromatic N) is 1. The highest BCUT2D eigenvalue weighted by Gasteiger charge is 2.37. The van der Waals surface area contributed by atoms with Crippen LogP contribution in [0.2, 0.25) is 5.02 Å². The molecule has 1 aliphatic heterocycles. The fourth-order valence-corrected chi connectivity index (χ4v) is 5.55. The second-order valence-corrected chi connectivity index (χ2v) is 10.3. The maximum atomic E-state index is 14.7. The Morgan fingerprint density at radius 3 is 2.53 bits per heavy atom. The van der Waals surface area contributed by atoms with Crippen molar-refractivity contribution >= 4 is 33.3 Å². The lowest BCUT2D eigenvalue weighted by Crippen LogP contribution is -2.43. The van der Waals surface area contributed by atoms with E-state index < -0.39 is 44.5 Å². The molecule has 0 aromatic heterocycles. The maximum Gasteiger partial charge on any atom is 0.416 e. The van der Waals surface area contributed by atoms with Gasteiger partial charge in [-0.05, 0) is 48.4 Å². The van der Waals surface area contributed by atoms with Crippen molar-refractivity contribution in [1.29, 1.82) is 0 Å². The number of hydrogen-bond donors (Lipinski definition) is 1. The number of ether oxygens (including phenoxy) is 1. The Morgan fingerprint density at radius 2 is 1.83 bits per heavy atom. The number of alkyl halides is 3. The van der Waals surface area contributed by atoms with Gasteiger partial charge < -0.3 is 9.84 Å². The van der Waals surface area contributed by atoms with E-state index in [0.717, 1.165) is 22.5 Å². The average Bonchev–Trinajstić information content (AvgIpc) is 2.83. The zero-order valence-electron chi connectivity index (χ0n) is 18.3. The number of halogens is 5. The number of carboxylic acids is 1. The van der Waals surface area contributed by atoms with Crippen LogP contribution < -0.4 is 9.04 Å². The number of carboxylic acid groups (broad SMARTS) is 1. The van der Waals surface area contributed by atoms with Crippen molar-refractivity contribution in [3.63, 3.8) is 0 Å². The van der Waals surface area contributed by atoms with Gasteiger partial charge in [-0.1, -0.05) is 35.9 Å². The van der Waals surface area contributed by atoms with E-state index in [9.17, 15) is 30.8 Å². The minimum atomic E-state index is -4.77. The Hall–Kier alpha value is -3.31. The number of hydrogen-bond acceptors (Lipinski definition) is 4. The number of rotatable bonds is 6. The number of aliphatic carboxylic acids is 1. The molecule has 1 N–H and O–H groups in total. The van der Waals surface area contributed by atoms with Crippen LogP contribution in [0.5, 0.6) is 5.75 Å². The third-order valence-electron chi connectivity index (χ3n) is 5.58. The quantitative estimate of drug-likeness (QED) is 0.386. The highest BCUT2D eigenvalue weighted by Crippen LogP contribution is 2.42. The van der Waals surface area contributed by atoms with Crippen LogP contribution >= 0.6 is 11.6 Å². The molecule has 0 saturated heterocycles. The third kappa shape index (κ3) is 5.12. The normalized spacial score (nSPS) is 15.8. The van der Waals surface area contributed by atoms with Crippen LogP contribution in [0.15, 0.2) is 65.6 Å². The Labute approximate surface area is 208 Å². The Bertz CT molecular complexity index is 1430. The molecule has 1 aliphatic rings. The summed E-state index contributed by atoms with van der Waals surface area (Å²) in [6, 6.07) is 11.8. The molecule has 0 unspecified atom stereocenters. The summed E-state index contributed by atoms with van der Waals surface area (Å²) in [5.41, 5.74) is -0.842. The van der Waals surface area contributed by atoms with E-state index in [1.165, 1.54) is 36.4 Å². The van der Waals surface area contributed by atoms with Gasteiger partial charge in [0.1, 0.15) is 17.7 Å². The summed E-state index contributed by atoms with van der Waals surface area (Å²) in [4.78, 5) is 10.4. The average molecular weight is 544 g/mol. The van der Waals surface area contributed by atoms with E-state index in [0.29, 0.717) is 6.07 Å². The summed E-state index contributed by atoms with van der Waals surface area (Å²) in [5.74, 6) is -1.80. The lowest BCUT2D eigenvalue weighted by Gasteiger charge is -2.36. The van der Waals surface area contributed by atoms with Gasteiger partial charge in [0.2, 0.25) is 0 Å². The van der Waals surface area contributed by atoms with E-state index in [1.54, 1.807) is 0 Å². The van der Waals surface area contributed by atoms with Gasteiger partial charge in [0.05, 0.1) is 27.7 Å². The highest BCUT2D eigenvalue weighted by molar-refractivity contribution is 7.92. The van der Waals surface area contributed by atoms with E-state index in [1.807, 2.05) is 0 Å². The van der Waals surface area contributed by atoms with Gasteiger partial charge in [0.25, 0.3) is 10.0 Å². The second kappa shape index (κ2) is 9.62. The summed E-state index contributed by atoms with van der Waals surface area (Å²) in [6.07, 6.45) is -6.02. The summed E-state index contributed by atoms with van der Waals surface area (Å²) in [5, 5.41) is 8.87. The predicted molar refractivity (Wildman–Crippen MR) is 124 cm³/mol. The van der Waals surface area contributed by atoms with E-state index in [2.05, 4.69) is 0 Å². The number of fused-ring (bicyclic) bond motifs is 1. The first-order chi connectivity index (χ1) is 16.9. The van der Waals surface area contributed by atoms with Crippen LogP contribution in [0.3, 0.4) is 0 Å². The second-order valence-electron chi connectivity index (χ2n) is 8.02. The van der Waals surface area contributed by atoms with Crippen molar-refractivity contribution in [2.75, 3.05) is 10.8 Å². The van der Waals surface area contributed by atoms with Crippen LogP contribution in [0.1, 0.15) is 18.4 Å². The van der Waals surface area contributed by atoms with E-state index in [4.69, 9.17) is 21.4 Å². The first kappa shape index (κ1) is 25.8. The molecule has 0 saturated carbocycles. The van der Waals surface area contributed by atoms with Crippen molar-refractivity contribution in [1.82, 2.24) is 0 Å². The molecular formula is C24H18ClF4NO5S. The number of anilines is 1. The van der Waals surface area contributed by atoms with Gasteiger partial charge >= 0.3 is 12.1 Å². The number of sulfonamides is 1. The van der Waals surface area contributed by atoms with Crippen molar-refractivity contribution in [2.24, 2.45) is 0 Å². The largest absolute Gasteiger partial charge is 0.486 e. The molecule has 4 rings (SSSR count). The van der Waals surface area contributed by atoms with Gasteiger partial charge in [-0.3, -0.25) is 9.10 Å². The summed E-state index contributed by atoms with van der Waals surface area (Å²) >= 11 is 5.87. The Kier molecular flexibility index (Phi) is 6.89. The molecule has 3 aromatic rings. The van der Waals surface area contributed by atoms with Crippen LogP contribution in [0.4, 0.5) is 23.2 Å². The number of benzene rings is 3. The smallest absolute Gasteiger partial charge is 0.416 e. The third-order valence-corrected chi connectivity index (χ3v) is 7.65. The standard InChI is InChI=1S/C24H18ClF4NO5S/c25-19-6-2-5-18(23(19)26)14-7-9-21-20(11-14)30(13-16(35-21)8-10-22(31)32)36(33,34)17-4-1-3-15(12-17)24(27,28)29/h1-7,9,11-12,16H,8,10,13H2,(H,31,32)/t16-/m0/s1. The Balaban J connectivity index is 1.83.